The highest BCUT2D eigenvalue weighted by Crippen LogP contribution is 2.46. The van der Waals surface area contributed by atoms with Crippen LogP contribution < -0.4 is 15.5 Å². The number of para-hydroxylation sites is 3. The molecule has 102 valence electrons. The second-order valence-electron chi connectivity index (χ2n) is 4.77. The Morgan fingerprint density at radius 1 is 1.15 bits per heavy atom. The number of benzene rings is 2. The van der Waals surface area contributed by atoms with E-state index in [0.29, 0.717) is 0 Å². The van der Waals surface area contributed by atoms with Crippen molar-refractivity contribution in [3.63, 3.8) is 0 Å². The predicted molar refractivity (Wildman–Crippen MR) is 83.2 cm³/mol. The molecule has 1 aliphatic heterocycles. The van der Waals surface area contributed by atoms with Crippen LogP contribution in [0.5, 0.6) is 0 Å². The molecule has 1 amide bonds. The zero-order valence-corrected chi connectivity index (χ0v) is 11.6. The quantitative estimate of drug-likeness (QED) is 0.868. The van der Waals surface area contributed by atoms with Gasteiger partial charge >= 0.3 is 0 Å². The molecule has 0 spiro atoms. The molecule has 1 heterocycles. The molecule has 0 saturated carbocycles. The first-order chi connectivity index (χ1) is 9.70. The van der Waals surface area contributed by atoms with E-state index >= 15 is 0 Å². The van der Waals surface area contributed by atoms with Crippen LogP contribution >= 0.6 is 0 Å². The zero-order valence-electron chi connectivity index (χ0n) is 11.6. The van der Waals surface area contributed by atoms with Crippen LogP contribution in [0.1, 0.15) is 13.8 Å². The summed E-state index contributed by atoms with van der Waals surface area (Å²) < 4.78 is 0. The Bertz CT molecular complexity index is 667. The van der Waals surface area contributed by atoms with E-state index in [0.717, 1.165) is 35.0 Å². The molecule has 0 bridgehead atoms. The maximum absolute atomic E-state index is 11.3. The molecule has 2 aromatic carbocycles. The number of rotatable bonds is 2. The first kappa shape index (κ1) is 12.5. The van der Waals surface area contributed by atoms with Gasteiger partial charge in [-0.2, -0.15) is 0 Å². The molecular weight excluding hydrogens is 250 g/mol. The molecule has 0 aliphatic carbocycles. The van der Waals surface area contributed by atoms with Crippen LogP contribution in [0, 0.1) is 0 Å². The van der Waals surface area contributed by atoms with Crippen LogP contribution in [0.25, 0.3) is 0 Å². The van der Waals surface area contributed by atoms with Gasteiger partial charge in [0.2, 0.25) is 5.91 Å². The molecule has 20 heavy (non-hydrogen) atoms. The molecule has 0 aromatic heterocycles. The molecular formula is C16H17N3O. The highest BCUT2D eigenvalue weighted by Gasteiger charge is 2.23. The van der Waals surface area contributed by atoms with E-state index in [1.165, 1.54) is 6.92 Å². The van der Waals surface area contributed by atoms with Crippen molar-refractivity contribution >= 4 is 34.3 Å². The summed E-state index contributed by atoms with van der Waals surface area (Å²) in [5, 5.41) is 6.30. The largest absolute Gasteiger partial charge is 0.350 e. The molecule has 0 radical (unpaired) electrons. The summed E-state index contributed by atoms with van der Waals surface area (Å²) in [5.41, 5.74) is 5.05. The summed E-state index contributed by atoms with van der Waals surface area (Å²) >= 11 is 0. The highest BCUT2D eigenvalue weighted by atomic mass is 16.1. The second kappa shape index (κ2) is 4.89. The van der Waals surface area contributed by atoms with Gasteiger partial charge in [0.15, 0.2) is 0 Å². The minimum Gasteiger partial charge on any atom is -0.350 e. The van der Waals surface area contributed by atoms with Gasteiger partial charge < -0.3 is 15.5 Å². The van der Waals surface area contributed by atoms with Crippen molar-refractivity contribution in [2.24, 2.45) is 0 Å². The first-order valence-corrected chi connectivity index (χ1v) is 6.75. The van der Waals surface area contributed by atoms with E-state index in [1.54, 1.807) is 0 Å². The fraction of sp³-hybridized carbons (Fsp3) is 0.188. The number of hydrogen-bond donors (Lipinski definition) is 2. The molecule has 2 N–H and O–H groups in total. The number of fused-ring (bicyclic) bond motifs is 2. The van der Waals surface area contributed by atoms with Crippen LogP contribution in [0.2, 0.25) is 0 Å². The molecule has 1 aliphatic rings. The van der Waals surface area contributed by atoms with E-state index in [4.69, 9.17) is 0 Å². The van der Waals surface area contributed by atoms with Crippen molar-refractivity contribution in [1.82, 2.24) is 0 Å². The Morgan fingerprint density at radius 3 is 2.65 bits per heavy atom. The van der Waals surface area contributed by atoms with Gasteiger partial charge in [0.05, 0.1) is 28.4 Å². The van der Waals surface area contributed by atoms with Gasteiger partial charge in [0, 0.05) is 13.5 Å². The van der Waals surface area contributed by atoms with E-state index < -0.39 is 0 Å². The summed E-state index contributed by atoms with van der Waals surface area (Å²) in [4.78, 5) is 13.6. The van der Waals surface area contributed by atoms with Crippen molar-refractivity contribution in [1.29, 1.82) is 0 Å². The Kier molecular flexibility index (Phi) is 3.06. The summed E-state index contributed by atoms with van der Waals surface area (Å²) in [5.74, 6) is -0.0675. The van der Waals surface area contributed by atoms with Gasteiger partial charge in [-0.15, -0.1) is 0 Å². The smallest absolute Gasteiger partial charge is 0.221 e. The third kappa shape index (κ3) is 1.99. The van der Waals surface area contributed by atoms with Gasteiger partial charge in [0.25, 0.3) is 0 Å². The van der Waals surface area contributed by atoms with Crippen molar-refractivity contribution in [3.8, 4) is 0 Å². The number of nitrogens with zero attached hydrogens (tertiary/aromatic N) is 1. The van der Waals surface area contributed by atoms with Gasteiger partial charge in [-0.1, -0.05) is 18.2 Å². The predicted octanol–water partition coefficient (Wildman–Crippen LogP) is 3.86. The highest BCUT2D eigenvalue weighted by molar-refractivity contribution is 6.01. The molecule has 4 nitrogen and oxygen atoms in total. The monoisotopic (exact) mass is 267 g/mol. The number of hydrogen-bond acceptors (Lipinski definition) is 3. The maximum atomic E-state index is 11.3. The summed E-state index contributed by atoms with van der Waals surface area (Å²) in [6, 6.07) is 14.1. The van der Waals surface area contributed by atoms with Gasteiger partial charge in [-0.25, -0.2) is 0 Å². The average Bonchev–Trinajstić information content (AvgIpc) is 2.45. The Labute approximate surface area is 118 Å². The normalized spacial score (nSPS) is 12.2. The molecule has 4 heteroatoms. The van der Waals surface area contributed by atoms with Crippen LogP contribution in [-0.2, 0) is 4.79 Å². The Morgan fingerprint density at radius 2 is 1.90 bits per heavy atom. The Hall–Kier alpha value is -2.49. The average molecular weight is 267 g/mol. The van der Waals surface area contributed by atoms with Crippen LogP contribution in [0.3, 0.4) is 0 Å². The number of nitrogens with one attached hydrogen (secondary N) is 2. The third-order valence-electron chi connectivity index (χ3n) is 3.41. The summed E-state index contributed by atoms with van der Waals surface area (Å²) in [7, 11) is 0. The number of carbonyl (C=O) groups excluding carboxylic acids is 1. The summed E-state index contributed by atoms with van der Waals surface area (Å²) in [6.07, 6.45) is 0. The van der Waals surface area contributed by atoms with Crippen LogP contribution in [-0.4, -0.2) is 12.5 Å². The number of carbonyl (C=O) groups is 1. The molecule has 0 fully saturated rings. The van der Waals surface area contributed by atoms with E-state index in [9.17, 15) is 4.79 Å². The SMILES string of the molecule is CCN1c2ccccc2Nc2c(NC(C)=O)cccc21. The minimum absolute atomic E-state index is 0.0675. The van der Waals surface area contributed by atoms with Crippen molar-refractivity contribution < 1.29 is 4.79 Å². The lowest BCUT2D eigenvalue weighted by molar-refractivity contribution is -0.114. The fourth-order valence-corrected chi connectivity index (χ4v) is 2.61. The van der Waals surface area contributed by atoms with Crippen molar-refractivity contribution in [2.75, 3.05) is 22.1 Å². The van der Waals surface area contributed by atoms with E-state index in [1.807, 2.05) is 30.3 Å². The second-order valence-corrected chi connectivity index (χ2v) is 4.77. The standard InChI is InChI=1S/C16H17N3O/c1-3-19-14-9-5-4-7-12(14)18-16-13(17-11(2)20)8-6-10-15(16)19/h4-10,18H,3H2,1-2H3,(H,17,20). The lowest BCUT2D eigenvalue weighted by atomic mass is 10.1. The number of anilines is 5. The lowest BCUT2D eigenvalue weighted by Crippen LogP contribution is -2.23. The van der Waals surface area contributed by atoms with Gasteiger partial charge in [-0.3, -0.25) is 4.79 Å². The fourth-order valence-electron chi connectivity index (χ4n) is 2.61. The third-order valence-corrected chi connectivity index (χ3v) is 3.41. The zero-order chi connectivity index (χ0) is 14.1. The molecule has 0 atom stereocenters. The maximum Gasteiger partial charge on any atom is 0.221 e. The molecule has 0 unspecified atom stereocenters. The lowest BCUT2D eigenvalue weighted by Gasteiger charge is -2.34. The van der Waals surface area contributed by atoms with Crippen molar-refractivity contribution in [2.45, 2.75) is 13.8 Å². The molecule has 2 aromatic rings. The molecule has 0 saturated heterocycles. The Balaban J connectivity index is 2.14. The topological polar surface area (TPSA) is 44.4 Å². The van der Waals surface area contributed by atoms with Crippen LogP contribution in [0.4, 0.5) is 28.4 Å². The van der Waals surface area contributed by atoms with E-state index in [2.05, 4.69) is 34.6 Å². The van der Waals surface area contributed by atoms with Crippen LogP contribution in [0.15, 0.2) is 42.5 Å². The van der Waals surface area contributed by atoms with Gasteiger partial charge in [-0.05, 0) is 31.2 Å². The van der Waals surface area contributed by atoms with Crippen molar-refractivity contribution in [3.05, 3.63) is 42.5 Å². The number of amides is 1. The van der Waals surface area contributed by atoms with Gasteiger partial charge in [0.1, 0.15) is 0 Å². The molecule has 3 rings (SSSR count). The minimum atomic E-state index is -0.0675. The first-order valence-electron chi connectivity index (χ1n) is 6.75. The van der Waals surface area contributed by atoms with E-state index in [-0.39, 0.29) is 5.91 Å². The summed E-state index contributed by atoms with van der Waals surface area (Å²) in [6.45, 7) is 4.51.